The number of aliphatic carboxylic acids is 1. The molecule has 16 heavy (non-hydrogen) atoms. The Hall–Kier alpha value is -1.09. The zero-order valence-electron chi connectivity index (χ0n) is 9.56. The predicted octanol–water partition coefficient (Wildman–Crippen LogP) is 2.39. The number of carboxylic acids is 1. The lowest BCUT2D eigenvalue weighted by Crippen LogP contribution is -2.18. The summed E-state index contributed by atoms with van der Waals surface area (Å²) in [4.78, 5) is 11.0. The van der Waals surface area contributed by atoms with Crippen molar-refractivity contribution in [3.05, 3.63) is 23.8 Å². The van der Waals surface area contributed by atoms with E-state index in [1.54, 1.807) is 0 Å². The molecular formula is C13H18O3. The fourth-order valence-electron chi connectivity index (χ4n) is 2.40. The highest BCUT2D eigenvalue weighted by molar-refractivity contribution is 5.69. The van der Waals surface area contributed by atoms with Gasteiger partial charge >= 0.3 is 5.97 Å². The molecule has 0 aromatic heterocycles. The van der Waals surface area contributed by atoms with Crippen LogP contribution in [-0.2, 0) is 9.53 Å². The van der Waals surface area contributed by atoms with Crippen LogP contribution < -0.4 is 0 Å². The van der Waals surface area contributed by atoms with Crippen molar-refractivity contribution in [2.24, 2.45) is 11.8 Å². The zero-order valence-corrected chi connectivity index (χ0v) is 9.56. The summed E-state index contributed by atoms with van der Waals surface area (Å²) in [5, 5.41) is 9.02. The maximum absolute atomic E-state index is 11.0. The lowest BCUT2D eigenvalue weighted by molar-refractivity contribution is -0.142. The van der Waals surface area contributed by atoms with Crippen LogP contribution in [-0.4, -0.2) is 23.8 Å². The second-order valence-electron chi connectivity index (χ2n) is 4.51. The van der Waals surface area contributed by atoms with Crippen LogP contribution >= 0.6 is 0 Å². The third kappa shape index (κ3) is 2.35. The molecule has 1 saturated heterocycles. The molecule has 0 bridgehead atoms. The van der Waals surface area contributed by atoms with E-state index >= 15 is 0 Å². The van der Waals surface area contributed by atoms with Gasteiger partial charge in [0.25, 0.3) is 0 Å². The quantitative estimate of drug-likeness (QED) is 0.743. The summed E-state index contributed by atoms with van der Waals surface area (Å²) in [7, 11) is 0. The first-order valence-corrected chi connectivity index (χ1v) is 5.94. The van der Waals surface area contributed by atoms with Crippen molar-refractivity contribution in [3.8, 4) is 0 Å². The van der Waals surface area contributed by atoms with E-state index in [0.717, 1.165) is 13.0 Å². The molecular weight excluding hydrogens is 204 g/mol. The minimum absolute atomic E-state index is 0.168. The van der Waals surface area contributed by atoms with Gasteiger partial charge in [-0.15, -0.1) is 0 Å². The van der Waals surface area contributed by atoms with Crippen LogP contribution in [0.5, 0.6) is 0 Å². The van der Waals surface area contributed by atoms with E-state index < -0.39 is 5.97 Å². The molecule has 88 valence electrons. The topological polar surface area (TPSA) is 46.5 Å². The molecule has 1 fully saturated rings. The Kier molecular flexibility index (Phi) is 3.44. The molecule has 0 aromatic rings. The second kappa shape index (κ2) is 4.83. The van der Waals surface area contributed by atoms with Gasteiger partial charge in [0.05, 0.1) is 18.6 Å². The third-order valence-electron chi connectivity index (χ3n) is 3.41. The van der Waals surface area contributed by atoms with Crippen molar-refractivity contribution in [2.45, 2.75) is 32.3 Å². The van der Waals surface area contributed by atoms with Gasteiger partial charge in [-0.05, 0) is 30.8 Å². The lowest BCUT2D eigenvalue weighted by atomic mass is 9.86. The number of carbonyl (C=O) groups is 1. The Balaban J connectivity index is 1.99. The van der Waals surface area contributed by atoms with Crippen LogP contribution in [0.3, 0.4) is 0 Å². The van der Waals surface area contributed by atoms with Crippen molar-refractivity contribution >= 4 is 5.97 Å². The Bertz CT molecular complexity index is 330. The van der Waals surface area contributed by atoms with Gasteiger partial charge in [0.15, 0.2) is 0 Å². The van der Waals surface area contributed by atoms with Crippen LogP contribution in [0.2, 0.25) is 0 Å². The summed E-state index contributed by atoms with van der Waals surface area (Å²) in [5.41, 5.74) is 1.33. The number of rotatable bonds is 4. The molecule has 0 radical (unpaired) electrons. The van der Waals surface area contributed by atoms with E-state index in [4.69, 9.17) is 9.84 Å². The number of hydrogen-bond acceptors (Lipinski definition) is 2. The van der Waals surface area contributed by atoms with Gasteiger partial charge in [-0.2, -0.15) is 0 Å². The van der Waals surface area contributed by atoms with Crippen molar-refractivity contribution in [2.75, 3.05) is 6.61 Å². The Morgan fingerprint density at radius 1 is 1.62 bits per heavy atom. The summed E-state index contributed by atoms with van der Waals surface area (Å²) in [6.07, 6.45) is 8.92. The van der Waals surface area contributed by atoms with Crippen LogP contribution in [0.15, 0.2) is 23.8 Å². The largest absolute Gasteiger partial charge is 0.481 e. The van der Waals surface area contributed by atoms with Gasteiger partial charge in [0.1, 0.15) is 0 Å². The molecule has 1 heterocycles. The summed E-state index contributed by atoms with van der Waals surface area (Å²) in [5.74, 6) is -0.640. The maximum Gasteiger partial charge on any atom is 0.306 e. The third-order valence-corrected chi connectivity index (χ3v) is 3.41. The number of hydrogen-bond donors (Lipinski definition) is 1. The van der Waals surface area contributed by atoms with Gasteiger partial charge < -0.3 is 9.84 Å². The standard InChI is InChI=1S/C13H18O3/c1-2-10(13(14)15)7-9-3-4-12-11(8-9)5-6-16-12/h3-4,8-10,12H,2,5-7H2,1H3,(H,14,15). The highest BCUT2D eigenvalue weighted by Crippen LogP contribution is 2.30. The highest BCUT2D eigenvalue weighted by atomic mass is 16.5. The average molecular weight is 222 g/mol. The zero-order chi connectivity index (χ0) is 11.5. The number of ether oxygens (including phenoxy) is 1. The van der Waals surface area contributed by atoms with Gasteiger partial charge in [-0.25, -0.2) is 0 Å². The monoisotopic (exact) mass is 222 g/mol. The first kappa shape index (κ1) is 11.4. The molecule has 3 atom stereocenters. The van der Waals surface area contributed by atoms with Crippen molar-refractivity contribution in [1.82, 2.24) is 0 Å². The molecule has 0 aromatic carbocycles. The number of fused-ring (bicyclic) bond motifs is 1. The minimum Gasteiger partial charge on any atom is -0.481 e. The van der Waals surface area contributed by atoms with Crippen molar-refractivity contribution < 1.29 is 14.6 Å². The fourth-order valence-corrected chi connectivity index (χ4v) is 2.40. The molecule has 2 aliphatic rings. The average Bonchev–Trinajstić information content (AvgIpc) is 2.72. The summed E-state index contributed by atoms with van der Waals surface area (Å²) in [6, 6.07) is 0. The van der Waals surface area contributed by atoms with Crippen LogP contribution in [0, 0.1) is 11.8 Å². The molecule has 1 aliphatic carbocycles. The van der Waals surface area contributed by atoms with Crippen LogP contribution in [0.4, 0.5) is 0 Å². The van der Waals surface area contributed by atoms with Gasteiger partial charge in [0.2, 0.25) is 0 Å². The van der Waals surface area contributed by atoms with E-state index in [-0.39, 0.29) is 17.9 Å². The molecule has 0 saturated carbocycles. The molecule has 3 heteroatoms. The van der Waals surface area contributed by atoms with E-state index in [2.05, 4.69) is 18.2 Å². The van der Waals surface area contributed by atoms with Crippen molar-refractivity contribution in [3.63, 3.8) is 0 Å². The lowest BCUT2D eigenvalue weighted by Gasteiger charge is -2.20. The number of carboxylic acid groups (broad SMARTS) is 1. The SMILES string of the molecule is CCC(CC1C=CC2OCCC2=C1)C(=O)O. The minimum atomic E-state index is -0.681. The first-order valence-electron chi connectivity index (χ1n) is 5.94. The second-order valence-corrected chi connectivity index (χ2v) is 4.51. The van der Waals surface area contributed by atoms with Crippen LogP contribution in [0.1, 0.15) is 26.2 Å². The van der Waals surface area contributed by atoms with E-state index in [1.165, 1.54) is 5.57 Å². The van der Waals surface area contributed by atoms with Gasteiger partial charge in [-0.1, -0.05) is 25.2 Å². The van der Waals surface area contributed by atoms with E-state index in [1.807, 2.05) is 6.92 Å². The molecule has 1 N–H and O–H groups in total. The predicted molar refractivity (Wildman–Crippen MR) is 61.1 cm³/mol. The molecule has 0 spiro atoms. The fraction of sp³-hybridized carbons (Fsp3) is 0.615. The molecule has 2 rings (SSSR count). The number of allylic oxidation sites excluding steroid dienone is 2. The van der Waals surface area contributed by atoms with E-state index in [9.17, 15) is 4.79 Å². The summed E-state index contributed by atoms with van der Waals surface area (Å²) < 4.78 is 5.51. The first-order chi connectivity index (χ1) is 7.70. The highest BCUT2D eigenvalue weighted by Gasteiger charge is 2.26. The summed E-state index contributed by atoms with van der Waals surface area (Å²) >= 11 is 0. The smallest absolute Gasteiger partial charge is 0.306 e. The van der Waals surface area contributed by atoms with E-state index in [0.29, 0.717) is 12.8 Å². The Morgan fingerprint density at radius 3 is 3.12 bits per heavy atom. The molecule has 0 amide bonds. The molecule has 1 aliphatic heterocycles. The van der Waals surface area contributed by atoms with Crippen molar-refractivity contribution in [1.29, 1.82) is 0 Å². The normalized spacial score (nSPS) is 29.7. The molecule has 3 unspecified atom stereocenters. The Morgan fingerprint density at radius 2 is 2.44 bits per heavy atom. The Labute approximate surface area is 95.8 Å². The van der Waals surface area contributed by atoms with Crippen LogP contribution in [0.25, 0.3) is 0 Å². The maximum atomic E-state index is 11.0. The van der Waals surface area contributed by atoms with Gasteiger partial charge in [0, 0.05) is 0 Å². The molecule has 3 nitrogen and oxygen atoms in total. The van der Waals surface area contributed by atoms with Gasteiger partial charge in [-0.3, -0.25) is 4.79 Å². The summed E-state index contributed by atoms with van der Waals surface area (Å²) in [6.45, 7) is 2.73.